The fourth-order valence-electron chi connectivity index (χ4n) is 2.97. The standard InChI is InChI=1S/C20H19FN2S/c21-17-10-8-16(9-11-17)20-23-18(13-24-20)12-22-19(15-6-7-15)14-4-2-1-3-5-14/h1-5,8-11,13,15,19,22H,6-7,12H2. The molecule has 0 amide bonds. The van der Waals surface area contributed by atoms with Crippen LogP contribution in [0.5, 0.6) is 0 Å². The van der Waals surface area contributed by atoms with Crippen LogP contribution in [0.15, 0.2) is 60.0 Å². The first-order valence-corrected chi connectivity index (χ1v) is 9.16. The van der Waals surface area contributed by atoms with Gasteiger partial charge >= 0.3 is 0 Å². The molecule has 0 saturated heterocycles. The molecule has 1 atom stereocenters. The lowest BCUT2D eigenvalue weighted by atomic mass is 10.0. The average Bonchev–Trinajstić information content (AvgIpc) is 3.34. The fraction of sp³-hybridized carbons (Fsp3) is 0.250. The zero-order chi connectivity index (χ0) is 16.4. The highest BCUT2D eigenvalue weighted by molar-refractivity contribution is 7.13. The summed E-state index contributed by atoms with van der Waals surface area (Å²) >= 11 is 1.61. The van der Waals surface area contributed by atoms with E-state index in [2.05, 4.69) is 46.0 Å². The van der Waals surface area contributed by atoms with Gasteiger partial charge in [-0.1, -0.05) is 30.3 Å². The Hall–Kier alpha value is -2.04. The summed E-state index contributed by atoms with van der Waals surface area (Å²) < 4.78 is 13.0. The van der Waals surface area contributed by atoms with Crippen molar-refractivity contribution in [3.05, 3.63) is 77.1 Å². The molecule has 122 valence electrons. The highest BCUT2D eigenvalue weighted by Gasteiger charge is 2.31. The van der Waals surface area contributed by atoms with Crippen LogP contribution in [0.25, 0.3) is 10.6 Å². The second kappa shape index (κ2) is 6.83. The number of nitrogens with one attached hydrogen (secondary N) is 1. The van der Waals surface area contributed by atoms with Crippen LogP contribution in [0.4, 0.5) is 4.39 Å². The molecule has 3 aromatic rings. The van der Waals surface area contributed by atoms with Crippen molar-refractivity contribution in [1.29, 1.82) is 0 Å². The lowest BCUT2D eigenvalue weighted by Crippen LogP contribution is -2.22. The topological polar surface area (TPSA) is 24.9 Å². The first-order valence-electron chi connectivity index (χ1n) is 8.28. The molecule has 1 unspecified atom stereocenters. The second-order valence-electron chi connectivity index (χ2n) is 6.26. The Morgan fingerprint density at radius 2 is 1.83 bits per heavy atom. The minimum atomic E-state index is -0.215. The summed E-state index contributed by atoms with van der Waals surface area (Å²) in [7, 11) is 0. The maximum Gasteiger partial charge on any atom is 0.123 e. The molecule has 1 fully saturated rings. The van der Waals surface area contributed by atoms with Crippen molar-refractivity contribution >= 4 is 11.3 Å². The van der Waals surface area contributed by atoms with Gasteiger partial charge in [0.1, 0.15) is 10.8 Å². The Kier molecular flexibility index (Phi) is 4.41. The van der Waals surface area contributed by atoms with Crippen LogP contribution < -0.4 is 5.32 Å². The van der Waals surface area contributed by atoms with Gasteiger partial charge in [0, 0.05) is 23.5 Å². The van der Waals surface area contributed by atoms with Gasteiger partial charge in [-0.15, -0.1) is 11.3 Å². The molecular formula is C20H19FN2S. The van der Waals surface area contributed by atoms with Gasteiger partial charge in [0.2, 0.25) is 0 Å². The number of benzene rings is 2. The molecule has 0 aliphatic heterocycles. The summed E-state index contributed by atoms with van der Waals surface area (Å²) in [6, 6.07) is 17.6. The zero-order valence-electron chi connectivity index (χ0n) is 13.3. The van der Waals surface area contributed by atoms with Crippen LogP contribution in [0.3, 0.4) is 0 Å². The molecule has 2 nitrogen and oxygen atoms in total. The van der Waals surface area contributed by atoms with E-state index in [1.54, 1.807) is 23.5 Å². The molecule has 1 aliphatic carbocycles. The molecule has 1 aromatic heterocycles. The Labute approximate surface area is 145 Å². The Bertz CT molecular complexity index is 794. The van der Waals surface area contributed by atoms with E-state index < -0.39 is 0 Å². The van der Waals surface area contributed by atoms with Gasteiger partial charge in [-0.3, -0.25) is 0 Å². The van der Waals surface area contributed by atoms with E-state index in [-0.39, 0.29) is 5.82 Å². The molecule has 1 saturated carbocycles. The number of hydrogen-bond donors (Lipinski definition) is 1. The van der Waals surface area contributed by atoms with Crippen LogP contribution in [-0.2, 0) is 6.54 Å². The van der Waals surface area contributed by atoms with E-state index in [1.807, 2.05) is 0 Å². The molecule has 0 bridgehead atoms. The summed E-state index contributed by atoms with van der Waals surface area (Å²) in [6.45, 7) is 0.758. The highest BCUT2D eigenvalue weighted by atomic mass is 32.1. The van der Waals surface area contributed by atoms with E-state index in [4.69, 9.17) is 0 Å². The van der Waals surface area contributed by atoms with Gasteiger partial charge in [-0.2, -0.15) is 0 Å². The van der Waals surface area contributed by atoms with E-state index >= 15 is 0 Å². The predicted octanol–water partition coefficient (Wildman–Crippen LogP) is 5.19. The maximum absolute atomic E-state index is 13.0. The van der Waals surface area contributed by atoms with Gasteiger partial charge in [0.15, 0.2) is 0 Å². The Morgan fingerprint density at radius 1 is 1.08 bits per heavy atom. The molecule has 0 spiro atoms. The molecule has 0 radical (unpaired) electrons. The molecule has 4 rings (SSSR count). The normalized spacial score (nSPS) is 15.4. The van der Waals surface area contributed by atoms with E-state index in [0.717, 1.165) is 28.7 Å². The third kappa shape index (κ3) is 3.55. The largest absolute Gasteiger partial charge is 0.304 e. The SMILES string of the molecule is Fc1ccc(-c2nc(CNC(c3ccccc3)C3CC3)cs2)cc1. The van der Waals surface area contributed by atoms with E-state index in [9.17, 15) is 4.39 Å². The maximum atomic E-state index is 13.0. The lowest BCUT2D eigenvalue weighted by molar-refractivity contribution is 0.477. The third-order valence-electron chi connectivity index (χ3n) is 4.40. The van der Waals surface area contributed by atoms with Crippen LogP contribution >= 0.6 is 11.3 Å². The smallest absolute Gasteiger partial charge is 0.123 e. The minimum absolute atomic E-state index is 0.215. The number of aromatic nitrogens is 1. The zero-order valence-corrected chi connectivity index (χ0v) is 14.1. The van der Waals surface area contributed by atoms with Crippen molar-refractivity contribution in [2.75, 3.05) is 0 Å². The van der Waals surface area contributed by atoms with Crippen LogP contribution in [-0.4, -0.2) is 4.98 Å². The van der Waals surface area contributed by atoms with Crippen molar-refractivity contribution in [2.45, 2.75) is 25.4 Å². The summed E-state index contributed by atoms with van der Waals surface area (Å²) in [4.78, 5) is 4.69. The minimum Gasteiger partial charge on any atom is -0.304 e. The monoisotopic (exact) mass is 338 g/mol. The first-order chi connectivity index (χ1) is 11.8. The molecule has 1 heterocycles. The Balaban J connectivity index is 1.45. The second-order valence-corrected chi connectivity index (χ2v) is 7.12. The first kappa shape index (κ1) is 15.5. The summed E-state index contributed by atoms with van der Waals surface area (Å²) in [5.74, 6) is 0.523. The molecule has 4 heteroatoms. The van der Waals surface area contributed by atoms with Crippen molar-refractivity contribution in [2.24, 2.45) is 5.92 Å². The summed E-state index contributed by atoms with van der Waals surface area (Å²) in [6.07, 6.45) is 2.59. The molecule has 2 aromatic carbocycles. The predicted molar refractivity (Wildman–Crippen MR) is 96.3 cm³/mol. The lowest BCUT2D eigenvalue weighted by Gasteiger charge is -2.18. The van der Waals surface area contributed by atoms with Crippen LogP contribution in [0, 0.1) is 11.7 Å². The summed E-state index contributed by atoms with van der Waals surface area (Å²) in [5, 5.41) is 6.70. The van der Waals surface area contributed by atoms with Gasteiger partial charge < -0.3 is 5.32 Å². The van der Waals surface area contributed by atoms with Crippen molar-refractivity contribution < 1.29 is 4.39 Å². The van der Waals surface area contributed by atoms with Crippen LogP contribution in [0.2, 0.25) is 0 Å². The third-order valence-corrected chi connectivity index (χ3v) is 5.34. The van der Waals surface area contributed by atoms with Crippen molar-refractivity contribution in [1.82, 2.24) is 10.3 Å². The number of thiazole rings is 1. The van der Waals surface area contributed by atoms with Gasteiger partial charge in [0.05, 0.1) is 5.69 Å². The number of hydrogen-bond acceptors (Lipinski definition) is 3. The van der Waals surface area contributed by atoms with Gasteiger partial charge in [-0.25, -0.2) is 9.37 Å². The average molecular weight is 338 g/mol. The van der Waals surface area contributed by atoms with Crippen LogP contribution in [0.1, 0.15) is 30.1 Å². The van der Waals surface area contributed by atoms with Gasteiger partial charge in [0.25, 0.3) is 0 Å². The van der Waals surface area contributed by atoms with Gasteiger partial charge in [-0.05, 0) is 48.6 Å². The van der Waals surface area contributed by atoms with E-state index in [0.29, 0.717) is 6.04 Å². The number of nitrogens with zero attached hydrogens (tertiary/aromatic N) is 1. The Morgan fingerprint density at radius 3 is 2.54 bits per heavy atom. The highest BCUT2D eigenvalue weighted by Crippen LogP contribution is 2.41. The summed E-state index contributed by atoms with van der Waals surface area (Å²) in [5.41, 5.74) is 3.37. The quantitative estimate of drug-likeness (QED) is 0.669. The number of halogens is 1. The van der Waals surface area contributed by atoms with Crippen molar-refractivity contribution in [3.63, 3.8) is 0 Å². The molecular weight excluding hydrogens is 319 g/mol. The van der Waals surface area contributed by atoms with E-state index in [1.165, 1.54) is 30.5 Å². The molecule has 1 N–H and O–H groups in total. The van der Waals surface area contributed by atoms with Crippen molar-refractivity contribution in [3.8, 4) is 10.6 Å². The molecule has 1 aliphatic rings. The molecule has 24 heavy (non-hydrogen) atoms. The fourth-order valence-corrected chi connectivity index (χ4v) is 3.80. The number of rotatable bonds is 6.